The summed E-state index contributed by atoms with van der Waals surface area (Å²) in [5.41, 5.74) is 0.285. The molecule has 0 aliphatic carbocycles. The van der Waals surface area contributed by atoms with Gasteiger partial charge in [0.15, 0.2) is 0 Å². The summed E-state index contributed by atoms with van der Waals surface area (Å²) in [7, 11) is 1.33. The van der Waals surface area contributed by atoms with Crippen LogP contribution >= 0.6 is 11.3 Å². The molecule has 1 saturated heterocycles. The van der Waals surface area contributed by atoms with Crippen molar-refractivity contribution in [1.82, 2.24) is 14.9 Å². The molecule has 0 saturated carbocycles. The second kappa shape index (κ2) is 6.27. The maximum absolute atomic E-state index is 12.5. The average molecular weight is 351 g/mol. The first-order chi connectivity index (χ1) is 11.3. The Balaban J connectivity index is 1.99. The number of thiophene rings is 1. The minimum absolute atomic E-state index is 0.117. The van der Waals surface area contributed by atoms with Crippen LogP contribution in [0.15, 0.2) is 4.79 Å². The average Bonchev–Trinajstić information content (AvgIpc) is 2.86. The molecule has 130 valence electrons. The van der Waals surface area contributed by atoms with E-state index in [1.165, 1.54) is 18.4 Å². The van der Waals surface area contributed by atoms with Crippen molar-refractivity contribution in [3.63, 3.8) is 0 Å². The van der Waals surface area contributed by atoms with Crippen LogP contribution in [0.1, 0.15) is 34.9 Å². The molecular formula is C16H21N3O4S. The molecule has 8 heteroatoms. The lowest BCUT2D eigenvalue weighted by atomic mass is 10.0. The number of fused-ring (bicyclic) bond motifs is 1. The van der Waals surface area contributed by atoms with Gasteiger partial charge in [-0.15, -0.1) is 11.3 Å². The van der Waals surface area contributed by atoms with Gasteiger partial charge >= 0.3 is 5.97 Å². The Hall–Kier alpha value is -1.77. The maximum atomic E-state index is 12.5. The number of nitrogens with one attached hydrogen (secondary N) is 1. The van der Waals surface area contributed by atoms with E-state index < -0.39 is 5.97 Å². The van der Waals surface area contributed by atoms with Gasteiger partial charge in [0.2, 0.25) is 0 Å². The number of H-pyrrole nitrogens is 1. The molecule has 1 aliphatic heterocycles. The van der Waals surface area contributed by atoms with Gasteiger partial charge in [0.1, 0.15) is 15.5 Å². The highest BCUT2D eigenvalue weighted by molar-refractivity contribution is 7.20. The van der Waals surface area contributed by atoms with E-state index in [-0.39, 0.29) is 11.1 Å². The topological polar surface area (TPSA) is 84.5 Å². The largest absolute Gasteiger partial charge is 0.465 e. The van der Waals surface area contributed by atoms with E-state index in [1.807, 2.05) is 0 Å². The third-order valence-electron chi connectivity index (χ3n) is 4.38. The molecule has 7 nitrogen and oxygen atoms in total. The molecule has 1 fully saturated rings. The van der Waals surface area contributed by atoms with Crippen LogP contribution in [-0.2, 0) is 16.0 Å². The van der Waals surface area contributed by atoms with Crippen molar-refractivity contribution < 1.29 is 14.3 Å². The van der Waals surface area contributed by atoms with Crippen molar-refractivity contribution in [2.24, 2.45) is 0 Å². The van der Waals surface area contributed by atoms with Crippen molar-refractivity contribution in [2.75, 3.05) is 26.9 Å². The van der Waals surface area contributed by atoms with E-state index in [0.29, 0.717) is 46.2 Å². The summed E-state index contributed by atoms with van der Waals surface area (Å²) in [6.45, 7) is 8.58. The van der Waals surface area contributed by atoms with Gasteiger partial charge in [-0.25, -0.2) is 9.78 Å². The zero-order chi connectivity index (χ0) is 17.5. The number of morpholine rings is 1. The number of carbonyl (C=O) groups excluding carboxylic acids is 1. The van der Waals surface area contributed by atoms with E-state index >= 15 is 0 Å². The summed E-state index contributed by atoms with van der Waals surface area (Å²) >= 11 is 1.20. The normalized spacial score (nSPS) is 18.0. The molecule has 0 aromatic carbocycles. The predicted octanol–water partition coefficient (Wildman–Crippen LogP) is 1.69. The van der Waals surface area contributed by atoms with Crippen LogP contribution < -0.4 is 5.56 Å². The standard InChI is InChI=1S/C16H21N3O4S/c1-9-11-13(20)17-10(7-19-5-6-23-8-16(19,2)3)18-14(11)24-12(9)15(21)22-4/h5-8H2,1-4H3,(H,17,18,20). The van der Waals surface area contributed by atoms with Crippen molar-refractivity contribution in [2.45, 2.75) is 32.9 Å². The van der Waals surface area contributed by atoms with Gasteiger partial charge in [-0.1, -0.05) is 0 Å². The van der Waals surface area contributed by atoms with Crippen LogP contribution in [0.3, 0.4) is 0 Å². The Morgan fingerprint density at radius 1 is 1.50 bits per heavy atom. The summed E-state index contributed by atoms with van der Waals surface area (Å²) < 4.78 is 10.3. The number of aromatic amines is 1. The zero-order valence-corrected chi connectivity index (χ0v) is 15.1. The summed E-state index contributed by atoms with van der Waals surface area (Å²) in [6, 6.07) is 0. The number of hydrogen-bond acceptors (Lipinski definition) is 7. The molecule has 24 heavy (non-hydrogen) atoms. The monoisotopic (exact) mass is 351 g/mol. The first-order valence-electron chi connectivity index (χ1n) is 7.77. The van der Waals surface area contributed by atoms with Gasteiger partial charge in [0.05, 0.1) is 32.3 Å². The fraction of sp³-hybridized carbons (Fsp3) is 0.562. The quantitative estimate of drug-likeness (QED) is 0.847. The lowest BCUT2D eigenvalue weighted by Crippen LogP contribution is -2.52. The molecule has 0 unspecified atom stereocenters. The van der Waals surface area contributed by atoms with Gasteiger partial charge in [-0.3, -0.25) is 9.69 Å². The molecule has 0 amide bonds. The summed E-state index contributed by atoms with van der Waals surface area (Å²) in [6.07, 6.45) is 0. The number of nitrogens with zero attached hydrogens (tertiary/aromatic N) is 2. The van der Waals surface area contributed by atoms with Crippen LogP contribution in [-0.4, -0.2) is 53.2 Å². The van der Waals surface area contributed by atoms with Crippen LogP contribution in [0.25, 0.3) is 10.2 Å². The smallest absolute Gasteiger partial charge is 0.348 e. The summed E-state index contributed by atoms with van der Waals surface area (Å²) in [5, 5.41) is 0.463. The molecule has 0 atom stereocenters. The number of hydrogen-bond donors (Lipinski definition) is 1. The van der Waals surface area contributed by atoms with E-state index in [9.17, 15) is 9.59 Å². The fourth-order valence-electron chi connectivity index (χ4n) is 2.92. The van der Waals surface area contributed by atoms with E-state index in [4.69, 9.17) is 9.47 Å². The Labute approximate surface area is 143 Å². The number of esters is 1. The molecule has 3 rings (SSSR count). The molecule has 3 heterocycles. The number of ether oxygens (including phenoxy) is 2. The maximum Gasteiger partial charge on any atom is 0.348 e. The second-order valence-electron chi connectivity index (χ2n) is 6.53. The van der Waals surface area contributed by atoms with Gasteiger partial charge in [-0.2, -0.15) is 0 Å². The molecule has 0 spiro atoms. The first kappa shape index (κ1) is 17.1. The Bertz CT molecular complexity index is 840. The second-order valence-corrected chi connectivity index (χ2v) is 7.53. The molecule has 0 bridgehead atoms. The Kier molecular flexibility index (Phi) is 4.46. The van der Waals surface area contributed by atoms with Crippen molar-refractivity contribution >= 4 is 27.5 Å². The third kappa shape index (κ3) is 2.97. The SMILES string of the molecule is COC(=O)c1sc2nc(CN3CCOCC3(C)C)[nH]c(=O)c2c1C. The van der Waals surface area contributed by atoms with Crippen molar-refractivity contribution in [3.8, 4) is 0 Å². The van der Waals surface area contributed by atoms with Crippen LogP contribution in [0.4, 0.5) is 0 Å². The lowest BCUT2D eigenvalue weighted by molar-refractivity contribution is -0.0563. The third-order valence-corrected chi connectivity index (χ3v) is 5.54. The molecule has 2 aromatic rings. The van der Waals surface area contributed by atoms with Gasteiger partial charge < -0.3 is 14.5 Å². The molecular weight excluding hydrogens is 330 g/mol. The molecule has 2 aromatic heterocycles. The minimum Gasteiger partial charge on any atom is -0.465 e. The number of carbonyl (C=O) groups is 1. The van der Waals surface area contributed by atoms with E-state index in [0.717, 1.165) is 6.54 Å². The molecule has 1 N–H and O–H groups in total. The van der Waals surface area contributed by atoms with E-state index in [1.54, 1.807) is 6.92 Å². The fourth-order valence-corrected chi connectivity index (χ4v) is 4.03. The molecule has 0 radical (unpaired) electrons. The molecule has 1 aliphatic rings. The minimum atomic E-state index is -0.439. The van der Waals surface area contributed by atoms with Crippen molar-refractivity contribution in [1.29, 1.82) is 0 Å². The number of aromatic nitrogens is 2. The first-order valence-corrected chi connectivity index (χ1v) is 8.58. The number of rotatable bonds is 3. The van der Waals surface area contributed by atoms with Gasteiger partial charge in [0, 0.05) is 12.1 Å². The Morgan fingerprint density at radius 2 is 2.25 bits per heavy atom. The highest BCUT2D eigenvalue weighted by Gasteiger charge is 2.31. The Morgan fingerprint density at radius 3 is 2.92 bits per heavy atom. The van der Waals surface area contributed by atoms with Crippen molar-refractivity contribution in [3.05, 3.63) is 26.6 Å². The predicted molar refractivity (Wildman–Crippen MR) is 91.6 cm³/mol. The summed E-state index contributed by atoms with van der Waals surface area (Å²) in [4.78, 5) is 34.9. The number of aryl methyl sites for hydroxylation is 1. The highest BCUT2D eigenvalue weighted by Crippen LogP contribution is 2.28. The van der Waals surface area contributed by atoms with Crippen LogP contribution in [0.5, 0.6) is 0 Å². The number of methoxy groups -OCH3 is 1. The van der Waals surface area contributed by atoms with Gasteiger partial charge in [0.25, 0.3) is 5.56 Å². The van der Waals surface area contributed by atoms with Crippen LogP contribution in [0, 0.1) is 6.92 Å². The highest BCUT2D eigenvalue weighted by atomic mass is 32.1. The van der Waals surface area contributed by atoms with Gasteiger partial charge in [-0.05, 0) is 26.3 Å². The van der Waals surface area contributed by atoms with Crippen LogP contribution in [0.2, 0.25) is 0 Å². The van der Waals surface area contributed by atoms with E-state index in [2.05, 4.69) is 28.7 Å². The lowest BCUT2D eigenvalue weighted by Gasteiger charge is -2.41. The summed E-state index contributed by atoms with van der Waals surface area (Å²) in [5.74, 6) is 0.158. The zero-order valence-electron chi connectivity index (χ0n) is 14.3.